The van der Waals surface area contributed by atoms with Crippen molar-refractivity contribution in [3.63, 3.8) is 0 Å². The number of hydrogen-bond donors (Lipinski definition) is 1. The molecule has 0 aromatic carbocycles. The molecule has 1 heterocycles. The lowest BCUT2D eigenvalue weighted by Crippen LogP contribution is -2.49. The van der Waals surface area contributed by atoms with Crippen LogP contribution in [-0.4, -0.2) is 30.3 Å². The molecule has 1 unspecified atom stereocenters. The molecule has 0 radical (unpaired) electrons. The Morgan fingerprint density at radius 3 is 2.86 bits per heavy atom. The number of piperidine rings is 1. The topological polar surface area (TPSA) is 49.4 Å². The van der Waals surface area contributed by atoms with Crippen LogP contribution in [0.25, 0.3) is 0 Å². The number of fused-ring (bicyclic) bond motifs is 1. The summed E-state index contributed by atoms with van der Waals surface area (Å²) < 4.78 is 0. The van der Waals surface area contributed by atoms with E-state index in [-0.39, 0.29) is 23.1 Å². The number of carbonyl (C=O) groups is 2. The molecule has 2 fully saturated rings. The van der Waals surface area contributed by atoms with Gasteiger partial charge in [-0.15, -0.1) is 0 Å². The minimum atomic E-state index is -0.00479. The number of allylic oxidation sites excluding steroid dienone is 1. The highest BCUT2D eigenvalue weighted by Crippen LogP contribution is 2.45. The van der Waals surface area contributed by atoms with Crippen LogP contribution >= 0.6 is 0 Å². The molecule has 4 nitrogen and oxygen atoms in total. The van der Waals surface area contributed by atoms with Crippen molar-refractivity contribution in [3.05, 3.63) is 11.8 Å². The SMILES string of the molecule is CN1C(=O)CCC2(CNC(=O)C3CCCC3)CCCC=C12. The van der Waals surface area contributed by atoms with Crippen LogP contribution in [0, 0.1) is 11.3 Å². The smallest absolute Gasteiger partial charge is 0.226 e. The Labute approximate surface area is 127 Å². The summed E-state index contributed by atoms with van der Waals surface area (Å²) in [6, 6.07) is 0. The van der Waals surface area contributed by atoms with Gasteiger partial charge in [-0.1, -0.05) is 18.9 Å². The van der Waals surface area contributed by atoms with Gasteiger partial charge >= 0.3 is 0 Å². The molecule has 0 spiro atoms. The predicted molar refractivity (Wildman–Crippen MR) is 81.3 cm³/mol. The van der Waals surface area contributed by atoms with E-state index in [1.54, 1.807) is 0 Å². The van der Waals surface area contributed by atoms with Crippen molar-refractivity contribution in [1.29, 1.82) is 0 Å². The van der Waals surface area contributed by atoms with Gasteiger partial charge in [0.05, 0.1) is 0 Å². The summed E-state index contributed by atoms with van der Waals surface area (Å²) in [4.78, 5) is 26.1. The third-order valence-corrected chi connectivity index (χ3v) is 5.62. The number of carbonyl (C=O) groups excluding carboxylic acids is 2. The zero-order valence-corrected chi connectivity index (χ0v) is 13.0. The van der Waals surface area contributed by atoms with Crippen LogP contribution in [0.4, 0.5) is 0 Å². The maximum atomic E-state index is 12.3. The second-order valence-corrected chi connectivity index (χ2v) is 6.91. The Morgan fingerprint density at radius 2 is 2.10 bits per heavy atom. The van der Waals surface area contributed by atoms with Gasteiger partial charge in [0.2, 0.25) is 11.8 Å². The Kier molecular flexibility index (Phi) is 4.05. The lowest BCUT2D eigenvalue weighted by atomic mass is 9.70. The molecular weight excluding hydrogens is 264 g/mol. The van der Waals surface area contributed by atoms with Crippen molar-refractivity contribution < 1.29 is 9.59 Å². The highest BCUT2D eigenvalue weighted by molar-refractivity contribution is 5.80. The second-order valence-electron chi connectivity index (χ2n) is 6.91. The van der Waals surface area contributed by atoms with E-state index in [0.717, 1.165) is 44.2 Å². The van der Waals surface area contributed by atoms with E-state index in [4.69, 9.17) is 0 Å². The van der Waals surface area contributed by atoms with Crippen LogP contribution in [0.2, 0.25) is 0 Å². The molecule has 1 aliphatic heterocycles. The molecule has 2 amide bonds. The molecule has 0 aromatic heterocycles. The fourth-order valence-electron chi connectivity index (χ4n) is 4.27. The Morgan fingerprint density at radius 1 is 1.33 bits per heavy atom. The zero-order chi connectivity index (χ0) is 14.9. The average molecular weight is 290 g/mol. The molecule has 1 saturated carbocycles. The number of likely N-dealkylation sites (tertiary alicyclic amines) is 1. The molecule has 0 aromatic rings. The van der Waals surface area contributed by atoms with E-state index in [9.17, 15) is 9.59 Å². The van der Waals surface area contributed by atoms with E-state index < -0.39 is 0 Å². The first-order valence-corrected chi connectivity index (χ1v) is 8.37. The van der Waals surface area contributed by atoms with Crippen molar-refractivity contribution >= 4 is 11.8 Å². The van der Waals surface area contributed by atoms with Gasteiger partial charge in [0.1, 0.15) is 0 Å². The lowest BCUT2D eigenvalue weighted by Gasteiger charge is -2.46. The first-order chi connectivity index (χ1) is 10.1. The van der Waals surface area contributed by atoms with Crippen LogP contribution in [0.1, 0.15) is 57.8 Å². The molecule has 116 valence electrons. The summed E-state index contributed by atoms with van der Waals surface area (Å²) in [5.74, 6) is 0.660. The van der Waals surface area contributed by atoms with Crippen molar-refractivity contribution in [2.45, 2.75) is 57.8 Å². The van der Waals surface area contributed by atoms with Gasteiger partial charge in [0.15, 0.2) is 0 Å². The molecule has 3 aliphatic rings. The first-order valence-electron chi connectivity index (χ1n) is 8.37. The summed E-state index contributed by atoms with van der Waals surface area (Å²) in [5.41, 5.74) is 1.14. The third-order valence-electron chi connectivity index (χ3n) is 5.62. The summed E-state index contributed by atoms with van der Waals surface area (Å²) in [6.07, 6.45) is 11.4. The van der Waals surface area contributed by atoms with Gasteiger partial charge in [0.25, 0.3) is 0 Å². The van der Waals surface area contributed by atoms with Gasteiger partial charge in [-0.05, 0) is 38.5 Å². The van der Waals surface area contributed by atoms with Crippen molar-refractivity contribution in [2.75, 3.05) is 13.6 Å². The lowest BCUT2D eigenvalue weighted by molar-refractivity contribution is -0.132. The van der Waals surface area contributed by atoms with Crippen LogP contribution in [0.3, 0.4) is 0 Å². The first kappa shape index (κ1) is 14.6. The quantitative estimate of drug-likeness (QED) is 0.868. The third kappa shape index (κ3) is 2.72. The standard InChI is InChI=1S/C17H26N2O2/c1-19-14-8-4-5-10-17(14,11-9-15(19)20)12-18-16(21)13-6-2-3-7-13/h8,13H,2-7,9-12H2,1H3,(H,18,21). The summed E-state index contributed by atoms with van der Waals surface area (Å²) in [5, 5.41) is 3.20. The van der Waals surface area contributed by atoms with E-state index in [0.29, 0.717) is 13.0 Å². The maximum Gasteiger partial charge on any atom is 0.226 e. The molecule has 1 atom stereocenters. The molecule has 1 N–H and O–H groups in total. The highest BCUT2D eigenvalue weighted by atomic mass is 16.2. The van der Waals surface area contributed by atoms with Gasteiger partial charge in [-0.3, -0.25) is 9.59 Å². The van der Waals surface area contributed by atoms with E-state index >= 15 is 0 Å². The van der Waals surface area contributed by atoms with Crippen molar-refractivity contribution in [1.82, 2.24) is 10.2 Å². The van der Waals surface area contributed by atoms with Crippen LogP contribution in [0.15, 0.2) is 11.8 Å². The van der Waals surface area contributed by atoms with Crippen molar-refractivity contribution in [3.8, 4) is 0 Å². The highest BCUT2D eigenvalue weighted by Gasteiger charge is 2.43. The fourth-order valence-corrected chi connectivity index (χ4v) is 4.27. The van der Waals surface area contributed by atoms with Crippen LogP contribution < -0.4 is 5.32 Å². The van der Waals surface area contributed by atoms with Crippen LogP contribution in [-0.2, 0) is 9.59 Å². The van der Waals surface area contributed by atoms with E-state index in [2.05, 4.69) is 11.4 Å². The number of amides is 2. The molecule has 2 aliphatic carbocycles. The fraction of sp³-hybridized carbons (Fsp3) is 0.765. The maximum absolute atomic E-state index is 12.3. The summed E-state index contributed by atoms with van der Waals surface area (Å²) in [7, 11) is 1.88. The summed E-state index contributed by atoms with van der Waals surface area (Å²) >= 11 is 0. The number of nitrogens with one attached hydrogen (secondary N) is 1. The molecule has 0 bridgehead atoms. The van der Waals surface area contributed by atoms with E-state index in [1.165, 1.54) is 12.8 Å². The molecule has 4 heteroatoms. The summed E-state index contributed by atoms with van der Waals surface area (Å²) in [6.45, 7) is 0.700. The van der Waals surface area contributed by atoms with Crippen molar-refractivity contribution in [2.24, 2.45) is 11.3 Å². The molecule has 1 saturated heterocycles. The number of hydrogen-bond acceptors (Lipinski definition) is 2. The Balaban J connectivity index is 1.69. The monoisotopic (exact) mass is 290 g/mol. The minimum absolute atomic E-state index is 0.00479. The van der Waals surface area contributed by atoms with Crippen LogP contribution in [0.5, 0.6) is 0 Å². The average Bonchev–Trinajstić information content (AvgIpc) is 3.04. The molecule has 21 heavy (non-hydrogen) atoms. The zero-order valence-electron chi connectivity index (χ0n) is 13.0. The molecular formula is C17H26N2O2. The van der Waals surface area contributed by atoms with E-state index in [1.807, 2.05) is 11.9 Å². The van der Waals surface area contributed by atoms with Gasteiger partial charge in [-0.2, -0.15) is 0 Å². The van der Waals surface area contributed by atoms with Gasteiger partial charge < -0.3 is 10.2 Å². The second kappa shape index (κ2) is 5.82. The Hall–Kier alpha value is -1.32. The molecule has 3 rings (SSSR count). The number of rotatable bonds is 3. The van der Waals surface area contributed by atoms with Gasteiger partial charge in [0, 0.05) is 37.0 Å². The van der Waals surface area contributed by atoms with Gasteiger partial charge in [-0.25, -0.2) is 0 Å². The minimum Gasteiger partial charge on any atom is -0.355 e. The largest absolute Gasteiger partial charge is 0.355 e. The predicted octanol–water partition coefficient (Wildman–Crippen LogP) is 2.60. The Bertz CT molecular complexity index is 465. The normalized spacial score (nSPS) is 30.0. The number of nitrogens with zero attached hydrogens (tertiary/aromatic N) is 1.